The van der Waals surface area contributed by atoms with Gasteiger partial charge in [-0.25, -0.2) is 4.98 Å². The molecule has 2 N–H and O–H groups in total. The fourth-order valence-corrected chi connectivity index (χ4v) is 4.59. The number of nitrogens with one attached hydrogen (secondary N) is 2. The Labute approximate surface area is 195 Å². The fourth-order valence-electron chi connectivity index (χ4n) is 3.64. The lowest BCUT2D eigenvalue weighted by Crippen LogP contribution is -2.31. The van der Waals surface area contributed by atoms with Crippen molar-refractivity contribution in [1.82, 2.24) is 9.97 Å². The molecule has 0 saturated heterocycles. The Bertz CT molecular complexity index is 1160. The van der Waals surface area contributed by atoms with Crippen molar-refractivity contribution in [2.75, 3.05) is 11.9 Å². The van der Waals surface area contributed by atoms with E-state index in [0.29, 0.717) is 39.7 Å². The number of rotatable bonds is 8. The maximum Gasteiger partial charge on any atom is 0.257 e. The summed E-state index contributed by atoms with van der Waals surface area (Å²) < 4.78 is 5.96. The van der Waals surface area contributed by atoms with Crippen molar-refractivity contribution in [1.29, 1.82) is 0 Å². The number of nitrogens with zero attached hydrogens (tertiary/aromatic N) is 1. The van der Waals surface area contributed by atoms with Crippen LogP contribution in [0.4, 0.5) is 5.82 Å². The van der Waals surface area contributed by atoms with E-state index in [-0.39, 0.29) is 17.9 Å². The third kappa shape index (κ3) is 5.16. The van der Waals surface area contributed by atoms with Crippen LogP contribution in [-0.2, 0) is 10.5 Å². The molecule has 0 aliphatic carbocycles. The van der Waals surface area contributed by atoms with E-state index in [1.165, 1.54) is 11.8 Å². The number of para-hydroxylation sites is 1. The first kappa shape index (κ1) is 22.4. The van der Waals surface area contributed by atoms with E-state index in [1.807, 2.05) is 48.5 Å². The predicted octanol–water partition coefficient (Wildman–Crippen LogP) is 5.37. The van der Waals surface area contributed by atoms with E-state index in [1.54, 1.807) is 0 Å². The standard InChI is InChI=1S/C24H24ClN3O3S/c1-2-3-12-31-19-7-5-4-6-17(19)18-13-20(29)26-22-21(18)23(30)28-24(27-22)32-14-15-8-10-16(25)11-9-15/h4-11,18H,2-3,12-14H2,1H3,(H2,26,27,28,29,30). The normalized spacial score (nSPS) is 15.2. The smallest absolute Gasteiger partial charge is 0.257 e. The molecule has 1 unspecified atom stereocenters. The minimum Gasteiger partial charge on any atom is -0.493 e. The third-order valence-electron chi connectivity index (χ3n) is 5.27. The molecule has 3 aromatic rings. The molecule has 1 aliphatic heterocycles. The molecule has 0 bridgehead atoms. The van der Waals surface area contributed by atoms with E-state index in [2.05, 4.69) is 22.2 Å². The summed E-state index contributed by atoms with van der Waals surface area (Å²) in [4.78, 5) is 33.0. The number of anilines is 1. The zero-order valence-electron chi connectivity index (χ0n) is 17.7. The molecule has 1 atom stereocenters. The Morgan fingerprint density at radius 2 is 1.94 bits per heavy atom. The molecule has 0 spiro atoms. The van der Waals surface area contributed by atoms with E-state index in [9.17, 15) is 9.59 Å². The van der Waals surface area contributed by atoms with Crippen molar-refractivity contribution < 1.29 is 9.53 Å². The number of thioether (sulfide) groups is 1. The van der Waals surface area contributed by atoms with Crippen molar-refractivity contribution in [3.8, 4) is 5.75 Å². The number of H-pyrrole nitrogens is 1. The molecule has 32 heavy (non-hydrogen) atoms. The molecule has 6 nitrogen and oxygen atoms in total. The summed E-state index contributed by atoms with van der Waals surface area (Å²) in [6.07, 6.45) is 2.13. The van der Waals surface area contributed by atoms with Crippen molar-refractivity contribution in [3.05, 3.63) is 80.6 Å². The van der Waals surface area contributed by atoms with E-state index in [4.69, 9.17) is 16.3 Å². The van der Waals surface area contributed by atoms with Crippen LogP contribution in [-0.4, -0.2) is 22.5 Å². The molecule has 2 aromatic carbocycles. The number of carbonyl (C=O) groups excluding carboxylic acids is 1. The number of unbranched alkanes of at least 4 members (excludes halogenated alkanes) is 1. The lowest BCUT2D eigenvalue weighted by Gasteiger charge is -2.26. The molecule has 0 saturated carbocycles. The number of aromatic nitrogens is 2. The highest BCUT2D eigenvalue weighted by molar-refractivity contribution is 7.98. The first-order valence-electron chi connectivity index (χ1n) is 10.6. The predicted molar refractivity (Wildman–Crippen MR) is 128 cm³/mol. The number of hydrogen-bond acceptors (Lipinski definition) is 5. The van der Waals surface area contributed by atoms with Crippen molar-refractivity contribution in [2.24, 2.45) is 0 Å². The second kappa shape index (κ2) is 10.2. The molecular formula is C24H24ClN3O3S. The van der Waals surface area contributed by atoms with Gasteiger partial charge < -0.3 is 15.0 Å². The second-order valence-electron chi connectivity index (χ2n) is 7.59. The average Bonchev–Trinajstić information content (AvgIpc) is 2.78. The largest absolute Gasteiger partial charge is 0.493 e. The van der Waals surface area contributed by atoms with Crippen LogP contribution in [0.1, 0.15) is 48.8 Å². The number of halogens is 1. The SMILES string of the molecule is CCCCOc1ccccc1C1CC(=O)Nc2nc(SCc3ccc(Cl)cc3)[nH]c(=O)c21. The van der Waals surface area contributed by atoms with Gasteiger partial charge in [0, 0.05) is 28.7 Å². The van der Waals surface area contributed by atoms with E-state index < -0.39 is 5.92 Å². The summed E-state index contributed by atoms with van der Waals surface area (Å²) in [6.45, 7) is 2.69. The van der Waals surface area contributed by atoms with Crippen LogP contribution in [0.3, 0.4) is 0 Å². The summed E-state index contributed by atoms with van der Waals surface area (Å²) in [5.74, 6) is 1.05. The molecule has 4 rings (SSSR count). The van der Waals surface area contributed by atoms with Gasteiger partial charge in [0.2, 0.25) is 5.91 Å². The van der Waals surface area contributed by atoms with Gasteiger partial charge >= 0.3 is 0 Å². The summed E-state index contributed by atoms with van der Waals surface area (Å²) >= 11 is 7.33. The summed E-state index contributed by atoms with van der Waals surface area (Å²) in [5.41, 5.74) is 2.10. The molecular weight excluding hydrogens is 446 g/mol. The molecule has 166 valence electrons. The molecule has 1 aliphatic rings. The number of carbonyl (C=O) groups is 1. The van der Waals surface area contributed by atoms with E-state index in [0.717, 1.165) is 24.0 Å². The number of aromatic amines is 1. The number of amides is 1. The Balaban J connectivity index is 1.62. The Hall–Kier alpha value is -2.77. The minimum absolute atomic E-state index is 0.169. The lowest BCUT2D eigenvalue weighted by atomic mass is 9.86. The zero-order valence-corrected chi connectivity index (χ0v) is 19.3. The van der Waals surface area contributed by atoms with Gasteiger partial charge in [0.25, 0.3) is 5.56 Å². The van der Waals surface area contributed by atoms with Crippen molar-refractivity contribution >= 4 is 35.1 Å². The van der Waals surface area contributed by atoms with Crippen LogP contribution in [0.25, 0.3) is 0 Å². The summed E-state index contributed by atoms with van der Waals surface area (Å²) in [6, 6.07) is 15.1. The average molecular weight is 470 g/mol. The Kier molecular flexibility index (Phi) is 7.17. The lowest BCUT2D eigenvalue weighted by molar-refractivity contribution is -0.116. The van der Waals surface area contributed by atoms with Gasteiger partial charge in [-0.05, 0) is 30.2 Å². The van der Waals surface area contributed by atoms with Gasteiger partial charge in [-0.3, -0.25) is 9.59 Å². The van der Waals surface area contributed by atoms with Gasteiger partial charge in [-0.2, -0.15) is 0 Å². The fraction of sp³-hybridized carbons (Fsp3) is 0.292. The topological polar surface area (TPSA) is 84.1 Å². The Morgan fingerprint density at radius 1 is 1.16 bits per heavy atom. The maximum absolute atomic E-state index is 13.1. The summed E-state index contributed by atoms with van der Waals surface area (Å²) in [7, 11) is 0. The number of hydrogen-bond donors (Lipinski definition) is 2. The van der Waals surface area contributed by atoms with Crippen molar-refractivity contribution in [3.63, 3.8) is 0 Å². The van der Waals surface area contributed by atoms with Crippen molar-refractivity contribution in [2.45, 2.75) is 43.0 Å². The van der Waals surface area contributed by atoms with Gasteiger partial charge in [-0.1, -0.05) is 67.0 Å². The van der Waals surface area contributed by atoms with E-state index >= 15 is 0 Å². The summed E-state index contributed by atoms with van der Waals surface area (Å²) in [5, 5.41) is 3.91. The van der Waals surface area contributed by atoms with Gasteiger partial charge in [0.1, 0.15) is 11.6 Å². The highest BCUT2D eigenvalue weighted by Gasteiger charge is 2.32. The second-order valence-corrected chi connectivity index (χ2v) is 8.99. The third-order valence-corrected chi connectivity index (χ3v) is 6.46. The van der Waals surface area contributed by atoms with Gasteiger partial charge in [0.15, 0.2) is 5.16 Å². The van der Waals surface area contributed by atoms with Crippen LogP contribution in [0.5, 0.6) is 5.75 Å². The van der Waals surface area contributed by atoms with Crippen LogP contribution in [0.15, 0.2) is 58.5 Å². The first-order valence-corrected chi connectivity index (χ1v) is 11.9. The molecule has 2 heterocycles. The minimum atomic E-state index is -0.414. The first-order chi connectivity index (χ1) is 15.5. The van der Waals surface area contributed by atoms with Gasteiger partial charge in [0.05, 0.1) is 12.2 Å². The number of fused-ring (bicyclic) bond motifs is 1. The number of benzene rings is 2. The quantitative estimate of drug-likeness (QED) is 0.263. The molecule has 8 heteroatoms. The monoisotopic (exact) mass is 469 g/mol. The maximum atomic E-state index is 13.1. The van der Waals surface area contributed by atoms with Crippen LogP contribution in [0, 0.1) is 0 Å². The van der Waals surface area contributed by atoms with Gasteiger partial charge in [-0.15, -0.1) is 0 Å². The molecule has 0 radical (unpaired) electrons. The molecule has 1 aromatic heterocycles. The molecule has 0 fully saturated rings. The highest BCUT2D eigenvalue weighted by atomic mass is 35.5. The zero-order chi connectivity index (χ0) is 22.5. The molecule has 1 amide bonds. The number of ether oxygens (including phenoxy) is 1. The Morgan fingerprint density at radius 3 is 2.72 bits per heavy atom. The van der Waals surface area contributed by atoms with Crippen LogP contribution < -0.4 is 15.6 Å². The highest BCUT2D eigenvalue weighted by Crippen LogP contribution is 2.38. The van der Waals surface area contributed by atoms with Crippen LogP contribution >= 0.6 is 23.4 Å². The van der Waals surface area contributed by atoms with Crippen LogP contribution in [0.2, 0.25) is 5.02 Å².